The zero-order valence-electron chi connectivity index (χ0n) is 19.1. The molecular weight excluding hydrogens is 414 g/mol. The van der Waals surface area contributed by atoms with E-state index in [-0.39, 0.29) is 17.7 Å². The van der Waals surface area contributed by atoms with E-state index in [9.17, 15) is 9.90 Å². The Labute approximate surface area is 194 Å². The van der Waals surface area contributed by atoms with Crippen LogP contribution < -0.4 is 21.1 Å². The molecule has 0 saturated carbocycles. The average molecular weight is 446 g/mol. The number of nitrogens with two attached hydrogens (primary N) is 1. The highest BCUT2D eigenvalue weighted by Gasteiger charge is 2.25. The summed E-state index contributed by atoms with van der Waals surface area (Å²) in [6.45, 7) is 2.70. The molecule has 1 aliphatic rings. The van der Waals surface area contributed by atoms with Gasteiger partial charge in [0.1, 0.15) is 11.5 Å². The van der Waals surface area contributed by atoms with E-state index in [4.69, 9.17) is 10.5 Å². The van der Waals surface area contributed by atoms with Gasteiger partial charge in [-0.1, -0.05) is 30.3 Å². The number of ether oxygens (including phenoxy) is 1. The zero-order chi connectivity index (χ0) is 23.4. The number of benzene rings is 3. The van der Waals surface area contributed by atoms with Gasteiger partial charge in [0, 0.05) is 12.2 Å². The molecule has 1 amide bonds. The number of phenols is 1. The standard InChI is InChI=1S/C27H31N3O3/c1-17-12-21(31)8-7-20(17)16-24(28)27(32)30-26-10-11-29-25-9-6-19(15-23(25)26)13-18-4-3-5-22(14-18)33-2/h3-9,12,14-15,24,26,29,31H,10-11,13,16,28H2,1-2H3,(H,30,32)/t24-,26+/m0/s1. The average Bonchev–Trinajstić information content (AvgIpc) is 2.81. The van der Waals surface area contributed by atoms with Gasteiger partial charge in [0.05, 0.1) is 19.2 Å². The smallest absolute Gasteiger partial charge is 0.237 e. The van der Waals surface area contributed by atoms with Gasteiger partial charge in [-0.3, -0.25) is 4.79 Å². The van der Waals surface area contributed by atoms with Crippen molar-refractivity contribution < 1.29 is 14.6 Å². The van der Waals surface area contributed by atoms with Crippen molar-refractivity contribution in [3.8, 4) is 11.5 Å². The Balaban J connectivity index is 1.47. The Kier molecular flexibility index (Phi) is 6.84. The molecule has 5 N–H and O–H groups in total. The summed E-state index contributed by atoms with van der Waals surface area (Å²) in [6, 6.07) is 18.8. The molecule has 2 atom stereocenters. The van der Waals surface area contributed by atoms with Crippen molar-refractivity contribution in [1.82, 2.24) is 5.32 Å². The summed E-state index contributed by atoms with van der Waals surface area (Å²) in [5.41, 5.74) is 12.6. The van der Waals surface area contributed by atoms with Gasteiger partial charge in [0.25, 0.3) is 0 Å². The molecule has 3 aromatic rings. The molecule has 1 aliphatic heterocycles. The first-order valence-corrected chi connectivity index (χ1v) is 11.3. The number of anilines is 1. The van der Waals surface area contributed by atoms with Crippen LogP contribution in [0.2, 0.25) is 0 Å². The van der Waals surface area contributed by atoms with Crippen molar-refractivity contribution in [1.29, 1.82) is 0 Å². The van der Waals surface area contributed by atoms with Crippen LogP contribution >= 0.6 is 0 Å². The number of carbonyl (C=O) groups excluding carboxylic acids is 1. The van der Waals surface area contributed by atoms with Gasteiger partial charge >= 0.3 is 0 Å². The van der Waals surface area contributed by atoms with E-state index >= 15 is 0 Å². The second-order valence-corrected chi connectivity index (χ2v) is 8.65. The minimum Gasteiger partial charge on any atom is -0.508 e. The van der Waals surface area contributed by atoms with Crippen molar-refractivity contribution in [3.63, 3.8) is 0 Å². The molecule has 6 nitrogen and oxygen atoms in total. The van der Waals surface area contributed by atoms with Crippen LogP contribution in [0.4, 0.5) is 5.69 Å². The van der Waals surface area contributed by atoms with Crippen molar-refractivity contribution in [2.75, 3.05) is 19.0 Å². The quantitative estimate of drug-likeness (QED) is 0.443. The molecule has 0 aliphatic carbocycles. The van der Waals surface area contributed by atoms with Crippen LogP contribution in [0.3, 0.4) is 0 Å². The highest BCUT2D eigenvalue weighted by Crippen LogP contribution is 2.31. The first-order chi connectivity index (χ1) is 15.9. The number of nitrogens with one attached hydrogen (secondary N) is 2. The molecule has 33 heavy (non-hydrogen) atoms. The van der Waals surface area contributed by atoms with Crippen LogP contribution in [0.15, 0.2) is 60.7 Å². The lowest BCUT2D eigenvalue weighted by Gasteiger charge is -2.29. The second-order valence-electron chi connectivity index (χ2n) is 8.65. The molecule has 0 spiro atoms. The predicted octanol–water partition coefficient (Wildman–Crippen LogP) is 3.84. The third-order valence-corrected chi connectivity index (χ3v) is 6.20. The van der Waals surface area contributed by atoms with Gasteiger partial charge in [0.2, 0.25) is 5.91 Å². The third-order valence-electron chi connectivity index (χ3n) is 6.20. The lowest BCUT2D eigenvalue weighted by Crippen LogP contribution is -2.44. The predicted molar refractivity (Wildman–Crippen MR) is 131 cm³/mol. The largest absolute Gasteiger partial charge is 0.508 e. The molecule has 172 valence electrons. The van der Waals surface area contributed by atoms with Crippen molar-refractivity contribution in [2.45, 2.75) is 38.3 Å². The highest BCUT2D eigenvalue weighted by atomic mass is 16.5. The third kappa shape index (κ3) is 5.46. The lowest BCUT2D eigenvalue weighted by molar-refractivity contribution is -0.123. The Bertz CT molecular complexity index is 1150. The molecule has 4 rings (SSSR count). The first-order valence-electron chi connectivity index (χ1n) is 11.3. The first kappa shape index (κ1) is 22.7. The Morgan fingerprint density at radius 2 is 2.00 bits per heavy atom. The SMILES string of the molecule is COc1cccc(Cc2ccc3c(c2)[C@H](NC(=O)[C@@H](N)Cc2ccc(O)cc2C)CCN3)c1. The number of phenolic OH excluding ortho intramolecular Hbond substituents is 1. The van der Waals surface area contributed by atoms with Gasteiger partial charge < -0.3 is 26.2 Å². The van der Waals surface area contributed by atoms with Gasteiger partial charge in [0.15, 0.2) is 0 Å². The van der Waals surface area contributed by atoms with E-state index < -0.39 is 6.04 Å². The monoisotopic (exact) mass is 445 g/mol. The van der Waals surface area contributed by atoms with Gasteiger partial charge in [-0.15, -0.1) is 0 Å². The van der Waals surface area contributed by atoms with E-state index in [1.807, 2.05) is 31.2 Å². The molecule has 3 aromatic carbocycles. The molecule has 0 fully saturated rings. The fourth-order valence-corrected chi connectivity index (χ4v) is 4.36. The van der Waals surface area contributed by atoms with Crippen LogP contribution in [0.1, 0.15) is 40.3 Å². The minimum atomic E-state index is -0.661. The number of amides is 1. The maximum Gasteiger partial charge on any atom is 0.237 e. The number of aryl methyl sites for hydroxylation is 1. The van der Waals surface area contributed by atoms with E-state index in [1.165, 1.54) is 11.1 Å². The summed E-state index contributed by atoms with van der Waals surface area (Å²) in [4.78, 5) is 12.9. The van der Waals surface area contributed by atoms with Gasteiger partial charge in [-0.25, -0.2) is 0 Å². The Morgan fingerprint density at radius 3 is 2.79 bits per heavy atom. The Morgan fingerprint density at radius 1 is 1.18 bits per heavy atom. The summed E-state index contributed by atoms with van der Waals surface area (Å²) >= 11 is 0. The number of carbonyl (C=O) groups is 1. The van der Waals surface area contributed by atoms with Gasteiger partial charge in [-0.05, 0) is 84.3 Å². The summed E-state index contributed by atoms with van der Waals surface area (Å²) in [5.74, 6) is 0.888. The van der Waals surface area contributed by atoms with Gasteiger partial charge in [-0.2, -0.15) is 0 Å². The minimum absolute atomic E-state index is 0.0917. The lowest BCUT2D eigenvalue weighted by atomic mass is 9.93. The maximum absolute atomic E-state index is 12.9. The molecule has 0 aromatic heterocycles. The fourth-order valence-electron chi connectivity index (χ4n) is 4.36. The molecule has 6 heteroatoms. The topological polar surface area (TPSA) is 96.6 Å². The van der Waals surface area contributed by atoms with Crippen molar-refractivity contribution in [3.05, 3.63) is 88.5 Å². The van der Waals surface area contributed by atoms with Crippen LogP contribution in [0, 0.1) is 6.92 Å². The molecule has 0 bridgehead atoms. The number of rotatable bonds is 7. The zero-order valence-corrected chi connectivity index (χ0v) is 19.1. The van der Waals surface area contributed by atoms with E-state index in [1.54, 1.807) is 19.2 Å². The summed E-state index contributed by atoms with van der Waals surface area (Å²) in [5, 5.41) is 16.2. The highest BCUT2D eigenvalue weighted by molar-refractivity contribution is 5.82. The van der Waals surface area contributed by atoms with E-state index in [2.05, 4.69) is 34.9 Å². The van der Waals surface area contributed by atoms with Crippen LogP contribution in [-0.4, -0.2) is 30.7 Å². The normalized spacial score (nSPS) is 15.8. The second kappa shape index (κ2) is 9.96. The molecule has 0 saturated heterocycles. The summed E-state index contributed by atoms with van der Waals surface area (Å²) < 4.78 is 5.34. The number of fused-ring (bicyclic) bond motifs is 1. The molecule has 0 radical (unpaired) electrons. The van der Waals surface area contributed by atoms with Crippen LogP contribution in [0.25, 0.3) is 0 Å². The number of hydrogen-bond donors (Lipinski definition) is 4. The molecule has 0 unspecified atom stereocenters. The molecule has 1 heterocycles. The van der Waals surface area contributed by atoms with E-state index in [0.717, 1.165) is 47.5 Å². The maximum atomic E-state index is 12.9. The number of methoxy groups -OCH3 is 1. The fraction of sp³-hybridized carbons (Fsp3) is 0.296. The van der Waals surface area contributed by atoms with Crippen LogP contribution in [-0.2, 0) is 17.6 Å². The summed E-state index contributed by atoms with van der Waals surface area (Å²) in [7, 11) is 1.67. The van der Waals surface area contributed by atoms with Crippen molar-refractivity contribution >= 4 is 11.6 Å². The number of aromatic hydroxyl groups is 1. The van der Waals surface area contributed by atoms with Crippen LogP contribution in [0.5, 0.6) is 11.5 Å². The summed E-state index contributed by atoms with van der Waals surface area (Å²) in [6.07, 6.45) is 2.00. The van der Waals surface area contributed by atoms with Crippen molar-refractivity contribution in [2.24, 2.45) is 5.73 Å². The number of hydrogen-bond acceptors (Lipinski definition) is 5. The van der Waals surface area contributed by atoms with E-state index in [0.29, 0.717) is 6.42 Å². The Hall–Kier alpha value is -3.51. The molecular formula is C27H31N3O3.